The van der Waals surface area contributed by atoms with E-state index in [-0.39, 0.29) is 0 Å². The van der Waals surface area contributed by atoms with Crippen molar-refractivity contribution in [2.75, 3.05) is 0 Å². The number of benzene rings is 3. The van der Waals surface area contributed by atoms with Crippen molar-refractivity contribution < 1.29 is 5.11 Å². The van der Waals surface area contributed by atoms with Crippen LogP contribution in [0.25, 0.3) is 11.0 Å². The molecule has 0 amide bonds. The maximum atomic E-state index is 12.5. The van der Waals surface area contributed by atoms with Crippen molar-refractivity contribution in [3.63, 3.8) is 0 Å². The summed E-state index contributed by atoms with van der Waals surface area (Å²) in [7, 11) is 0. The van der Waals surface area contributed by atoms with E-state index >= 15 is 0 Å². The highest BCUT2D eigenvalue weighted by Gasteiger charge is 2.60. The van der Waals surface area contributed by atoms with Crippen molar-refractivity contribution in [2.24, 2.45) is 0 Å². The maximum absolute atomic E-state index is 12.5. The van der Waals surface area contributed by atoms with Crippen molar-refractivity contribution >= 4 is 22.8 Å². The van der Waals surface area contributed by atoms with E-state index in [0.29, 0.717) is 6.42 Å². The summed E-state index contributed by atoms with van der Waals surface area (Å²) in [4.78, 5) is 0.346. The van der Waals surface area contributed by atoms with Crippen LogP contribution in [0.4, 0.5) is 0 Å². The van der Waals surface area contributed by atoms with Gasteiger partial charge in [-0.25, -0.2) is 4.68 Å². The Labute approximate surface area is 168 Å². The summed E-state index contributed by atoms with van der Waals surface area (Å²) in [5, 5.41) is 21.4. The Balaban J connectivity index is 1.87. The minimum Gasteiger partial charge on any atom is -0.377 e. The molecular formula is C23H21N3OS. The molecule has 28 heavy (non-hydrogen) atoms. The zero-order chi connectivity index (χ0) is 19.4. The zero-order valence-corrected chi connectivity index (χ0v) is 16.6. The predicted molar refractivity (Wildman–Crippen MR) is 112 cm³/mol. The number of thioether (sulfide) groups is 1. The smallest absolute Gasteiger partial charge is 0.151 e. The van der Waals surface area contributed by atoms with Gasteiger partial charge >= 0.3 is 0 Å². The second kappa shape index (κ2) is 6.19. The summed E-state index contributed by atoms with van der Waals surface area (Å²) in [5.41, 5.74) is 3.46. The van der Waals surface area contributed by atoms with Gasteiger partial charge in [0, 0.05) is 10.5 Å². The van der Waals surface area contributed by atoms with Crippen LogP contribution in [0, 0.1) is 6.92 Å². The molecule has 0 bridgehead atoms. The van der Waals surface area contributed by atoms with Crippen LogP contribution in [0.3, 0.4) is 0 Å². The van der Waals surface area contributed by atoms with Gasteiger partial charge in [-0.05, 0) is 37.1 Å². The van der Waals surface area contributed by atoms with Crippen LogP contribution >= 0.6 is 11.8 Å². The molecule has 140 valence electrons. The third-order valence-corrected chi connectivity index (χ3v) is 7.40. The quantitative estimate of drug-likeness (QED) is 0.546. The third-order valence-electron chi connectivity index (χ3n) is 5.73. The Morgan fingerprint density at radius 1 is 1.00 bits per heavy atom. The lowest BCUT2D eigenvalue weighted by Gasteiger charge is -2.41. The van der Waals surface area contributed by atoms with Crippen LogP contribution in [0.1, 0.15) is 30.0 Å². The Morgan fingerprint density at radius 2 is 1.75 bits per heavy atom. The number of hydrogen-bond acceptors (Lipinski definition) is 4. The Kier molecular flexibility index (Phi) is 3.86. The molecule has 2 heterocycles. The van der Waals surface area contributed by atoms with Gasteiger partial charge in [0.1, 0.15) is 5.52 Å². The van der Waals surface area contributed by atoms with E-state index in [1.54, 1.807) is 11.8 Å². The molecule has 0 saturated heterocycles. The van der Waals surface area contributed by atoms with Gasteiger partial charge in [-0.3, -0.25) is 0 Å². The van der Waals surface area contributed by atoms with Crippen molar-refractivity contribution in [3.8, 4) is 0 Å². The van der Waals surface area contributed by atoms with E-state index in [0.717, 1.165) is 32.6 Å². The number of aliphatic hydroxyl groups is 1. The predicted octanol–water partition coefficient (Wildman–Crippen LogP) is 4.84. The summed E-state index contributed by atoms with van der Waals surface area (Å²) < 4.78 is 1.93. The van der Waals surface area contributed by atoms with Gasteiger partial charge in [0.2, 0.25) is 0 Å². The monoisotopic (exact) mass is 387 g/mol. The van der Waals surface area contributed by atoms with E-state index in [9.17, 15) is 5.11 Å². The van der Waals surface area contributed by atoms with Crippen LogP contribution in [-0.2, 0) is 10.5 Å². The second-order valence-corrected chi connectivity index (χ2v) is 8.63. The van der Waals surface area contributed by atoms with E-state index in [1.165, 1.54) is 0 Å². The molecule has 5 rings (SSSR count). The van der Waals surface area contributed by atoms with Crippen molar-refractivity contribution in [1.82, 2.24) is 15.0 Å². The number of aromatic nitrogens is 3. The van der Waals surface area contributed by atoms with Crippen molar-refractivity contribution in [1.29, 1.82) is 0 Å². The number of para-hydroxylation sites is 1. The normalized spacial score (nSPS) is 23.8. The lowest BCUT2D eigenvalue weighted by atomic mass is 9.78. The minimum absolute atomic E-state index is 0.685. The highest BCUT2D eigenvalue weighted by molar-refractivity contribution is 8.00. The first-order valence-corrected chi connectivity index (χ1v) is 10.3. The first-order valence-electron chi connectivity index (χ1n) is 9.49. The summed E-state index contributed by atoms with van der Waals surface area (Å²) in [5.74, 6) is 0. The molecule has 1 N–H and O–H groups in total. The summed E-state index contributed by atoms with van der Waals surface area (Å²) in [6, 6.07) is 24.2. The lowest BCUT2D eigenvalue weighted by Crippen LogP contribution is -2.49. The van der Waals surface area contributed by atoms with Crippen LogP contribution in [0.5, 0.6) is 0 Å². The summed E-state index contributed by atoms with van der Waals surface area (Å²) >= 11 is 1.68. The number of rotatable bonds is 3. The fourth-order valence-electron chi connectivity index (χ4n) is 4.35. The number of fused-ring (bicyclic) bond motifs is 2. The lowest BCUT2D eigenvalue weighted by molar-refractivity contribution is 0.000219. The van der Waals surface area contributed by atoms with E-state index in [4.69, 9.17) is 0 Å². The molecule has 4 aromatic rings. The van der Waals surface area contributed by atoms with E-state index in [2.05, 4.69) is 42.4 Å². The Hall–Kier alpha value is -2.63. The van der Waals surface area contributed by atoms with Gasteiger partial charge < -0.3 is 5.11 Å². The number of nitrogens with zero attached hydrogens (tertiary/aromatic N) is 3. The van der Waals surface area contributed by atoms with E-state index < -0.39 is 10.5 Å². The molecular weight excluding hydrogens is 366 g/mol. The molecule has 1 aromatic heterocycles. The molecule has 1 aliphatic rings. The molecule has 0 radical (unpaired) electrons. The molecule has 0 saturated carbocycles. The van der Waals surface area contributed by atoms with Crippen LogP contribution in [0.15, 0.2) is 77.7 Å². The molecule has 0 aliphatic carbocycles. The van der Waals surface area contributed by atoms with Gasteiger partial charge in [-0.2, -0.15) is 0 Å². The maximum Gasteiger partial charge on any atom is 0.151 e. The minimum atomic E-state index is -1.23. The zero-order valence-electron chi connectivity index (χ0n) is 15.8. The standard InChI is InChI=1S/C23H21N3OS/c1-3-22(26-20-12-8-7-11-19(20)24-25-26)23(27,17-9-5-4-6-10-17)18-15-16(2)13-14-21(18)28-22/h4-15,27H,3H2,1-2H3. The molecule has 0 spiro atoms. The topological polar surface area (TPSA) is 50.9 Å². The van der Waals surface area contributed by atoms with Gasteiger partial charge in [0.05, 0.1) is 5.52 Å². The molecule has 5 heteroatoms. The summed E-state index contributed by atoms with van der Waals surface area (Å²) in [6.07, 6.45) is 0.685. The molecule has 2 unspecified atom stereocenters. The molecule has 1 aliphatic heterocycles. The molecule has 4 nitrogen and oxygen atoms in total. The molecule has 3 aromatic carbocycles. The van der Waals surface area contributed by atoms with Gasteiger partial charge in [-0.1, -0.05) is 84.1 Å². The SMILES string of the molecule is CCC1(n2nnc3ccccc32)Sc2ccc(C)cc2C1(O)c1ccccc1. The number of hydrogen-bond donors (Lipinski definition) is 1. The Morgan fingerprint density at radius 3 is 2.54 bits per heavy atom. The van der Waals surface area contributed by atoms with Gasteiger partial charge in [-0.15, -0.1) is 5.10 Å². The van der Waals surface area contributed by atoms with Gasteiger partial charge in [0.25, 0.3) is 0 Å². The fraction of sp³-hybridized carbons (Fsp3) is 0.217. The first kappa shape index (κ1) is 17.5. The largest absolute Gasteiger partial charge is 0.377 e. The van der Waals surface area contributed by atoms with Crippen molar-refractivity contribution in [2.45, 2.75) is 35.6 Å². The molecule has 2 atom stereocenters. The average molecular weight is 388 g/mol. The average Bonchev–Trinajstić information content (AvgIpc) is 3.27. The second-order valence-electron chi connectivity index (χ2n) is 7.31. The highest BCUT2D eigenvalue weighted by Crippen LogP contribution is 2.63. The molecule has 0 fully saturated rings. The Bertz CT molecular complexity index is 1170. The van der Waals surface area contributed by atoms with Crippen molar-refractivity contribution in [3.05, 3.63) is 89.5 Å². The number of aryl methyl sites for hydroxylation is 1. The van der Waals surface area contributed by atoms with Crippen LogP contribution in [0.2, 0.25) is 0 Å². The first-order chi connectivity index (χ1) is 13.6. The third kappa shape index (κ3) is 2.17. The highest BCUT2D eigenvalue weighted by atomic mass is 32.2. The van der Waals surface area contributed by atoms with Crippen LogP contribution < -0.4 is 0 Å². The fourth-order valence-corrected chi connectivity index (χ4v) is 5.91. The van der Waals surface area contributed by atoms with E-state index in [1.807, 2.05) is 59.3 Å². The van der Waals surface area contributed by atoms with Gasteiger partial charge in [0.15, 0.2) is 10.5 Å². The van der Waals surface area contributed by atoms with Crippen LogP contribution in [-0.4, -0.2) is 20.1 Å². The summed E-state index contributed by atoms with van der Waals surface area (Å²) in [6.45, 7) is 4.17.